The molecule has 0 spiro atoms. The Kier molecular flexibility index (Phi) is 3.64. The molecule has 2 heteroatoms. The van der Waals surface area contributed by atoms with Crippen molar-refractivity contribution in [2.75, 3.05) is 0 Å². The van der Waals surface area contributed by atoms with Crippen molar-refractivity contribution in [1.82, 2.24) is 4.98 Å². The number of hydrogen-bond acceptors (Lipinski definition) is 2. The molecule has 2 aromatic carbocycles. The summed E-state index contributed by atoms with van der Waals surface area (Å²) in [4.78, 5) is 4.77. The average Bonchev–Trinajstić information content (AvgIpc) is 2.98. The molecule has 1 aromatic heterocycles. The number of nitrogens with zero attached hydrogens (tertiary/aromatic N) is 1. The van der Waals surface area contributed by atoms with Gasteiger partial charge in [0, 0.05) is 16.4 Å². The van der Waals surface area contributed by atoms with Crippen molar-refractivity contribution in [3.05, 3.63) is 65.0 Å². The van der Waals surface area contributed by atoms with Gasteiger partial charge in [0.15, 0.2) is 0 Å². The number of hydrogen-bond donors (Lipinski definition) is 0. The summed E-state index contributed by atoms with van der Waals surface area (Å²) in [6.45, 7) is 6.61. The summed E-state index contributed by atoms with van der Waals surface area (Å²) in [5.41, 5.74) is 4.86. The smallest absolute Gasteiger partial charge is 0.0986 e. The second-order valence-corrected chi connectivity index (χ2v) is 7.09. The van der Waals surface area contributed by atoms with Gasteiger partial charge in [-0.25, -0.2) is 4.98 Å². The van der Waals surface area contributed by atoms with Crippen LogP contribution in [0.5, 0.6) is 0 Å². The molecule has 0 radical (unpaired) electrons. The quantitative estimate of drug-likeness (QED) is 0.584. The number of benzene rings is 2. The normalized spacial score (nSPS) is 11.6. The van der Waals surface area contributed by atoms with E-state index in [-0.39, 0.29) is 5.41 Å². The van der Waals surface area contributed by atoms with Gasteiger partial charge in [0.25, 0.3) is 0 Å². The molecule has 1 nitrogen and oxygen atoms in total. The molecule has 0 N–H and O–H groups in total. The third kappa shape index (κ3) is 3.06. The van der Waals surface area contributed by atoms with Gasteiger partial charge in [-0.3, -0.25) is 0 Å². The van der Waals surface area contributed by atoms with Crippen LogP contribution in [-0.2, 0) is 5.41 Å². The zero-order valence-corrected chi connectivity index (χ0v) is 13.4. The highest BCUT2D eigenvalue weighted by Crippen LogP contribution is 2.30. The number of aromatic nitrogens is 1. The van der Waals surface area contributed by atoms with Crippen molar-refractivity contribution in [1.29, 1.82) is 0 Å². The van der Waals surface area contributed by atoms with Crippen molar-refractivity contribution >= 4 is 11.3 Å². The Morgan fingerprint density at radius 3 is 1.90 bits per heavy atom. The maximum Gasteiger partial charge on any atom is 0.0986 e. The summed E-state index contributed by atoms with van der Waals surface area (Å²) in [5.74, 6) is 0. The van der Waals surface area contributed by atoms with Crippen molar-refractivity contribution in [3.8, 4) is 22.4 Å². The summed E-state index contributed by atoms with van der Waals surface area (Å²) in [7, 11) is 0. The van der Waals surface area contributed by atoms with Gasteiger partial charge < -0.3 is 0 Å². The van der Waals surface area contributed by atoms with E-state index in [4.69, 9.17) is 4.98 Å². The lowest BCUT2D eigenvalue weighted by Crippen LogP contribution is -2.10. The topological polar surface area (TPSA) is 12.9 Å². The molecule has 106 valence electrons. The fourth-order valence-electron chi connectivity index (χ4n) is 2.21. The van der Waals surface area contributed by atoms with Crippen molar-refractivity contribution < 1.29 is 0 Å². The molecule has 0 aliphatic heterocycles. The summed E-state index contributed by atoms with van der Waals surface area (Å²) >= 11 is 1.74. The molecular formula is C19H19NS. The third-order valence-electron chi connectivity index (χ3n) is 3.43. The molecule has 0 aliphatic carbocycles. The first-order chi connectivity index (χ1) is 10.0. The van der Waals surface area contributed by atoms with E-state index in [2.05, 4.69) is 74.7 Å². The van der Waals surface area contributed by atoms with Gasteiger partial charge in [-0.15, -0.1) is 11.3 Å². The van der Waals surface area contributed by atoms with Crippen LogP contribution in [0.15, 0.2) is 60.0 Å². The van der Waals surface area contributed by atoms with Crippen molar-refractivity contribution in [3.63, 3.8) is 0 Å². The zero-order valence-electron chi connectivity index (χ0n) is 12.6. The predicted molar refractivity (Wildman–Crippen MR) is 91.7 cm³/mol. The van der Waals surface area contributed by atoms with Crippen LogP contribution in [0.2, 0.25) is 0 Å². The lowest BCUT2D eigenvalue weighted by Gasteiger charge is -2.13. The van der Waals surface area contributed by atoms with Gasteiger partial charge in [-0.1, -0.05) is 75.4 Å². The molecule has 0 saturated carbocycles. The van der Waals surface area contributed by atoms with Crippen LogP contribution in [-0.4, -0.2) is 4.98 Å². The minimum Gasteiger partial charge on any atom is -0.241 e. The molecule has 0 fully saturated rings. The molecule has 0 atom stereocenters. The maximum atomic E-state index is 4.77. The minimum absolute atomic E-state index is 0.118. The molecule has 21 heavy (non-hydrogen) atoms. The molecule has 3 aromatic rings. The molecular weight excluding hydrogens is 274 g/mol. The summed E-state index contributed by atoms with van der Waals surface area (Å²) < 4.78 is 0. The van der Waals surface area contributed by atoms with Crippen LogP contribution >= 0.6 is 11.3 Å². The van der Waals surface area contributed by atoms with Crippen LogP contribution in [0.4, 0.5) is 0 Å². The molecule has 0 bridgehead atoms. The van der Waals surface area contributed by atoms with E-state index in [1.807, 2.05) is 6.07 Å². The molecule has 0 saturated heterocycles. The fourth-order valence-corrected chi connectivity index (χ4v) is 3.13. The van der Waals surface area contributed by atoms with Gasteiger partial charge >= 0.3 is 0 Å². The van der Waals surface area contributed by atoms with Gasteiger partial charge in [0.2, 0.25) is 0 Å². The summed E-state index contributed by atoms with van der Waals surface area (Å²) in [6.07, 6.45) is 0. The zero-order chi connectivity index (χ0) is 14.9. The Hall–Kier alpha value is -1.93. The van der Waals surface area contributed by atoms with E-state index in [0.717, 1.165) is 5.69 Å². The highest BCUT2D eigenvalue weighted by atomic mass is 32.1. The number of thiazole rings is 1. The van der Waals surface area contributed by atoms with E-state index in [1.165, 1.54) is 21.7 Å². The highest BCUT2D eigenvalue weighted by Gasteiger charge is 2.18. The van der Waals surface area contributed by atoms with Gasteiger partial charge in [0.1, 0.15) is 0 Å². The monoisotopic (exact) mass is 293 g/mol. The van der Waals surface area contributed by atoms with Gasteiger partial charge in [-0.05, 0) is 11.1 Å². The Labute approximate surface area is 130 Å². The van der Waals surface area contributed by atoms with Crippen molar-refractivity contribution in [2.45, 2.75) is 26.2 Å². The SMILES string of the molecule is CC(C)(C)c1nc(-c2ccc(-c3ccccc3)cc2)cs1. The maximum absolute atomic E-state index is 4.77. The van der Waals surface area contributed by atoms with Crippen LogP contribution in [0.25, 0.3) is 22.4 Å². The van der Waals surface area contributed by atoms with Crippen LogP contribution in [0.3, 0.4) is 0 Å². The standard InChI is InChI=1S/C19H19NS/c1-19(2,3)18-20-17(13-21-18)16-11-9-15(10-12-16)14-7-5-4-6-8-14/h4-13H,1-3H3. The van der Waals surface area contributed by atoms with E-state index in [1.54, 1.807) is 11.3 Å². The Balaban J connectivity index is 1.89. The van der Waals surface area contributed by atoms with E-state index < -0.39 is 0 Å². The Morgan fingerprint density at radius 2 is 1.33 bits per heavy atom. The number of rotatable bonds is 2. The summed E-state index contributed by atoms with van der Waals surface area (Å²) in [5, 5.41) is 3.34. The van der Waals surface area contributed by atoms with E-state index in [9.17, 15) is 0 Å². The van der Waals surface area contributed by atoms with Gasteiger partial charge in [-0.2, -0.15) is 0 Å². The molecule has 0 unspecified atom stereocenters. The lowest BCUT2D eigenvalue weighted by molar-refractivity contribution is 0.586. The van der Waals surface area contributed by atoms with E-state index >= 15 is 0 Å². The Morgan fingerprint density at radius 1 is 0.762 bits per heavy atom. The third-order valence-corrected chi connectivity index (χ3v) is 4.70. The first kappa shape index (κ1) is 14.0. The van der Waals surface area contributed by atoms with E-state index in [0.29, 0.717) is 0 Å². The van der Waals surface area contributed by atoms with Crippen LogP contribution < -0.4 is 0 Å². The molecule has 1 heterocycles. The lowest BCUT2D eigenvalue weighted by atomic mass is 9.98. The predicted octanol–water partition coefficient (Wildman–Crippen LogP) is 5.77. The molecule has 3 rings (SSSR count). The fraction of sp³-hybridized carbons (Fsp3) is 0.211. The average molecular weight is 293 g/mol. The highest BCUT2D eigenvalue weighted by molar-refractivity contribution is 7.10. The summed E-state index contributed by atoms with van der Waals surface area (Å²) in [6, 6.07) is 19.1. The first-order valence-electron chi connectivity index (χ1n) is 7.16. The molecule has 0 amide bonds. The van der Waals surface area contributed by atoms with Crippen LogP contribution in [0, 0.1) is 0 Å². The Bertz CT molecular complexity index is 718. The first-order valence-corrected chi connectivity index (χ1v) is 8.04. The van der Waals surface area contributed by atoms with Crippen molar-refractivity contribution in [2.24, 2.45) is 0 Å². The van der Waals surface area contributed by atoms with Crippen LogP contribution in [0.1, 0.15) is 25.8 Å². The second kappa shape index (κ2) is 5.45. The molecule has 0 aliphatic rings. The largest absolute Gasteiger partial charge is 0.241 e. The van der Waals surface area contributed by atoms with Gasteiger partial charge in [0.05, 0.1) is 10.7 Å². The second-order valence-electron chi connectivity index (χ2n) is 6.23. The minimum atomic E-state index is 0.118.